The third kappa shape index (κ3) is 2.09. The lowest BCUT2D eigenvalue weighted by molar-refractivity contribution is 0.0992. The Morgan fingerprint density at radius 3 is 2.83 bits per heavy atom. The molecule has 0 heterocycles. The van der Waals surface area contributed by atoms with Crippen molar-refractivity contribution < 1.29 is 4.79 Å². The minimum atomic E-state index is -0.604. The second-order valence-corrected chi connectivity index (χ2v) is 2.78. The van der Waals surface area contributed by atoms with Crippen molar-refractivity contribution >= 4 is 5.91 Å². The van der Waals surface area contributed by atoms with E-state index < -0.39 is 5.91 Å². The zero-order valence-corrected chi connectivity index (χ0v) is 7.13. The van der Waals surface area contributed by atoms with Crippen molar-refractivity contribution in [2.24, 2.45) is 0 Å². The Morgan fingerprint density at radius 1 is 1.50 bits per heavy atom. The van der Waals surface area contributed by atoms with E-state index in [1.165, 1.54) is 0 Å². The van der Waals surface area contributed by atoms with Crippen LogP contribution in [0.5, 0.6) is 0 Å². The van der Waals surface area contributed by atoms with Crippen LogP contribution in [-0.4, -0.2) is 5.91 Å². The highest BCUT2D eigenvalue weighted by Crippen LogP contribution is 2.06. The van der Waals surface area contributed by atoms with Gasteiger partial charge in [-0.3, -0.25) is 10.5 Å². The number of carbonyl (C=O) groups excluding carboxylic acids is 1. The molecule has 1 aromatic carbocycles. The van der Waals surface area contributed by atoms with Crippen LogP contribution >= 0.6 is 0 Å². The first-order valence-electron chi connectivity index (χ1n) is 4.09. The minimum Gasteiger partial charge on any atom is -0.267 e. The molecule has 1 amide bonds. The van der Waals surface area contributed by atoms with Crippen molar-refractivity contribution in [2.45, 2.75) is 19.8 Å². The Morgan fingerprint density at radius 2 is 2.25 bits per heavy atom. The maximum Gasteiger partial charge on any atom is 0.269 e. The summed E-state index contributed by atoms with van der Waals surface area (Å²) in [6.45, 7) is 2.09. The van der Waals surface area contributed by atoms with Crippen molar-refractivity contribution in [2.75, 3.05) is 0 Å². The number of benzene rings is 1. The fourth-order valence-corrected chi connectivity index (χ4v) is 1.16. The number of aryl methyl sites for hydroxylation is 1. The normalized spacial score (nSPS) is 9.75. The number of rotatable bonds is 3. The summed E-state index contributed by atoms with van der Waals surface area (Å²) in [6.07, 6.45) is 2.04. The molecule has 0 saturated carbocycles. The van der Waals surface area contributed by atoms with Crippen LogP contribution in [0.25, 0.3) is 0 Å². The molecule has 1 N–H and O–H groups in total. The van der Waals surface area contributed by atoms with Crippen molar-refractivity contribution in [1.82, 2.24) is 5.73 Å². The maximum atomic E-state index is 10.7. The molecule has 12 heavy (non-hydrogen) atoms. The molecule has 2 heteroatoms. The lowest BCUT2D eigenvalue weighted by Crippen LogP contribution is -1.99. The van der Waals surface area contributed by atoms with Crippen LogP contribution < -0.4 is 5.73 Å². The van der Waals surface area contributed by atoms with Crippen molar-refractivity contribution in [3.05, 3.63) is 35.4 Å². The van der Waals surface area contributed by atoms with E-state index in [0.717, 1.165) is 18.4 Å². The summed E-state index contributed by atoms with van der Waals surface area (Å²) in [7, 11) is 0. The first kappa shape index (κ1) is 8.78. The molecule has 1 aromatic rings. The average molecular weight is 162 g/mol. The maximum absolute atomic E-state index is 10.7. The Kier molecular flexibility index (Phi) is 2.86. The van der Waals surface area contributed by atoms with Crippen LogP contribution in [0.1, 0.15) is 29.3 Å². The smallest absolute Gasteiger partial charge is 0.267 e. The van der Waals surface area contributed by atoms with Crippen LogP contribution in [0, 0.1) is 0 Å². The topological polar surface area (TPSA) is 40.9 Å². The summed E-state index contributed by atoms with van der Waals surface area (Å²) in [5.41, 5.74) is 8.53. The van der Waals surface area contributed by atoms with Crippen molar-refractivity contribution in [3.8, 4) is 0 Å². The van der Waals surface area contributed by atoms with Gasteiger partial charge in [-0.15, -0.1) is 0 Å². The molecular formula is C10H12NO. The largest absolute Gasteiger partial charge is 0.269 e. The summed E-state index contributed by atoms with van der Waals surface area (Å²) in [5, 5.41) is 0. The monoisotopic (exact) mass is 162 g/mol. The molecular weight excluding hydrogens is 150 g/mol. The van der Waals surface area contributed by atoms with E-state index in [1.807, 2.05) is 12.1 Å². The van der Waals surface area contributed by atoms with Gasteiger partial charge in [0.25, 0.3) is 5.91 Å². The van der Waals surface area contributed by atoms with Crippen LogP contribution in [0.15, 0.2) is 24.3 Å². The zero-order chi connectivity index (χ0) is 8.97. The molecule has 0 saturated heterocycles. The van der Waals surface area contributed by atoms with Gasteiger partial charge in [-0.25, -0.2) is 0 Å². The van der Waals surface area contributed by atoms with Gasteiger partial charge >= 0.3 is 0 Å². The average Bonchev–Trinajstić information content (AvgIpc) is 2.05. The number of amides is 1. The van der Waals surface area contributed by atoms with Gasteiger partial charge in [0.2, 0.25) is 0 Å². The predicted octanol–water partition coefficient (Wildman–Crippen LogP) is 2.06. The molecule has 0 aliphatic heterocycles. The lowest BCUT2D eigenvalue weighted by Gasteiger charge is -1.99. The third-order valence-electron chi connectivity index (χ3n) is 1.73. The van der Waals surface area contributed by atoms with Gasteiger partial charge in [0, 0.05) is 5.56 Å². The summed E-state index contributed by atoms with van der Waals surface area (Å²) in [5.74, 6) is -0.604. The third-order valence-corrected chi connectivity index (χ3v) is 1.73. The van der Waals surface area contributed by atoms with Crippen LogP contribution in [0.2, 0.25) is 0 Å². The SMILES string of the molecule is CCCc1cccc(C([NH])=O)c1. The van der Waals surface area contributed by atoms with Crippen molar-refractivity contribution in [3.63, 3.8) is 0 Å². The van der Waals surface area contributed by atoms with E-state index in [1.54, 1.807) is 12.1 Å². The molecule has 2 nitrogen and oxygen atoms in total. The Hall–Kier alpha value is -1.31. The highest BCUT2D eigenvalue weighted by molar-refractivity contribution is 5.92. The Bertz CT molecular complexity index is 281. The first-order valence-corrected chi connectivity index (χ1v) is 4.09. The van der Waals surface area contributed by atoms with Gasteiger partial charge in [-0.1, -0.05) is 25.5 Å². The molecule has 0 aliphatic rings. The van der Waals surface area contributed by atoms with Gasteiger partial charge in [-0.2, -0.15) is 0 Å². The van der Waals surface area contributed by atoms with Crippen molar-refractivity contribution in [1.29, 1.82) is 0 Å². The summed E-state index contributed by atoms with van der Waals surface area (Å²) in [4.78, 5) is 10.7. The minimum absolute atomic E-state index is 0.487. The van der Waals surface area contributed by atoms with Gasteiger partial charge in [0.1, 0.15) is 0 Å². The highest BCUT2D eigenvalue weighted by Gasteiger charge is 2.00. The summed E-state index contributed by atoms with van der Waals surface area (Å²) < 4.78 is 0. The van der Waals surface area contributed by atoms with Crippen LogP contribution in [-0.2, 0) is 6.42 Å². The van der Waals surface area contributed by atoms with E-state index in [4.69, 9.17) is 5.73 Å². The lowest BCUT2D eigenvalue weighted by atomic mass is 10.1. The Balaban J connectivity index is 2.88. The zero-order valence-electron chi connectivity index (χ0n) is 7.13. The fraction of sp³-hybridized carbons (Fsp3) is 0.300. The molecule has 0 aliphatic carbocycles. The van der Waals surface area contributed by atoms with E-state index >= 15 is 0 Å². The van der Waals surface area contributed by atoms with E-state index in [9.17, 15) is 4.79 Å². The molecule has 0 aromatic heterocycles. The summed E-state index contributed by atoms with van der Waals surface area (Å²) >= 11 is 0. The molecule has 1 rings (SSSR count). The van der Waals surface area contributed by atoms with Gasteiger partial charge in [0.05, 0.1) is 0 Å². The molecule has 63 valence electrons. The predicted molar refractivity (Wildman–Crippen MR) is 47.9 cm³/mol. The molecule has 0 spiro atoms. The number of carbonyl (C=O) groups is 1. The second kappa shape index (κ2) is 3.90. The van der Waals surface area contributed by atoms with Gasteiger partial charge in [0.15, 0.2) is 0 Å². The number of nitrogens with one attached hydrogen (secondary N) is 1. The van der Waals surface area contributed by atoms with E-state index in [-0.39, 0.29) is 0 Å². The quantitative estimate of drug-likeness (QED) is 0.670. The highest BCUT2D eigenvalue weighted by atomic mass is 16.1. The second-order valence-electron chi connectivity index (χ2n) is 2.78. The van der Waals surface area contributed by atoms with Gasteiger partial charge < -0.3 is 0 Å². The first-order chi connectivity index (χ1) is 5.74. The standard InChI is InChI=1S/C10H12NO/c1-2-4-8-5-3-6-9(7-8)10(11)12/h3,5-7,11H,2,4H2,1H3. The molecule has 0 atom stereocenters. The number of hydrogen-bond donors (Lipinski definition) is 0. The van der Waals surface area contributed by atoms with Crippen LogP contribution in [0.4, 0.5) is 0 Å². The summed E-state index contributed by atoms with van der Waals surface area (Å²) in [6, 6.07) is 7.27. The molecule has 0 bridgehead atoms. The molecule has 0 fully saturated rings. The Labute approximate surface area is 72.4 Å². The van der Waals surface area contributed by atoms with E-state index in [2.05, 4.69) is 6.92 Å². The molecule has 0 unspecified atom stereocenters. The molecule has 1 radical (unpaired) electrons. The van der Waals surface area contributed by atoms with E-state index in [0.29, 0.717) is 5.56 Å². The van der Waals surface area contributed by atoms with Gasteiger partial charge in [-0.05, 0) is 24.1 Å². The van der Waals surface area contributed by atoms with Crippen LogP contribution in [0.3, 0.4) is 0 Å². The fourth-order valence-electron chi connectivity index (χ4n) is 1.16. The number of hydrogen-bond acceptors (Lipinski definition) is 1.